The number of hydrogen-bond acceptors (Lipinski definition) is 3. The van der Waals surface area contributed by atoms with Crippen LogP contribution in [0.4, 0.5) is 0 Å². The fraction of sp³-hybridized carbons (Fsp3) is 0.522. The van der Waals surface area contributed by atoms with Crippen molar-refractivity contribution in [3.8, 4) is 0 Å². The van der Waals surface area contributed by atoms with E-state index in [2.05, 4.69) is 6.92 Å². The van der Waals surface area contributed by atoms with E-state index < -0.39 is 11.6 Å². The van der Waals surface area contributed by atoms with E-state index in [1.54, 1.807) is 12.2 Å². The van der Waals surface area contributed by atoms with Crippen molar-refractivity contribution < 1.29 is 14.6 Å². The third-order valence-corrected chi connectivity index (χ3v) is 4.86. The molecule has 1 aliphatic carbocycles. The van der Waals surface area contributed by atoms with E-state index in [4.69, 9.17) is 4.74 Å². The summed E-state index contributed by atoms with van der Waals surface area (Å²) in [6.07, 6.45) is 16.4. The number of esters is 1. The lowest BCUT2D eigenvalue weighted by Crippen LogP contribution is -2.37. The molecule has 0 radical (unpaired) electrons. The van der Waals surface area contributed by atoms with E-state index in [-0.39, 0.29) is 5.92 Å². The predicted octanol–water partition coefficient (Wildman–Crippen LogP) is 5.31. The molecule has 0 spiro atoms. The van der Waals surface area contributed by atoms with E-state index in [1.165, 1.54) is 38.5 Å². The van der Waals surface area contributed by atoms with Crippen molar-refractivity contribution in [1.82, 2.24) is 0 Å². The Morgan fingerprint density at radius 3 is 2.15 bits per heavy atom. The number of allylic oxidation sites excluding steroid dienone is 2. The van der Waals surface area contributed by atoms with Crippen LogP contribution in [0.2, 0.25) is 0 Å². The van der Waals surface area contributed by atoms with Crippen LogP contribution >= 0.6 is 0 Å². The average molecular weight is 357 g/mol. The average Bonchev–Trinajstić information content (AvgIpc) is 2.68. The Hall–Kier alpha value is -1.87. The molecule has 0 fully saturated rings. The Morgan fingerprint density at radius 1 is 0.962 bits per heavy atom. The summed E-state index contributed by atoms with van der Waals surface area (Å²) in [4.78, 5) is 12.2. The molecule has 1 aliphatic rings. The van der Waals surface area contributed by atoms with Crippen molar-refractivity contribution >= 4 is 5.97 Å². The van der Waals surface area contributed by atoms with Crippen molar-refractivity contribution in [2.45, 2.75) is 69.8 Å². The first kappa shape index (κ1) is 20.4. The van der Waals surface area contributed by atoms with Crippen molar-refractivity contribution in [3.63, 3.8) is 0 Å². The molecule has 0 atom stereocenters. The molecule has 0 aromatic heterocycles. The second kappa shape index (κ2) is 11.0. The third kappa shape index (κ3) is 6.45. The van der Waals surface area contributed by atoms with Crippen molar-refractivity contribution in [2.24, 2.45) is 0 Å². The lowest BCUT2D eigenvalue weighted by atomic mass is 9.88. The van der Waals surface area contributed by atoms with E-state index >= 15 is 0 Å². The third-order valence-electron chi connectivity index (χ3n) is 4.86. The fourth-order valence-corrected chi connectivity index (χ4v) is 3.17. The number of rotatable bonds is 11. The number of ether oxygens (including phenoxy) is 1. The van der Waals surface area contributed by atoms with Crippen LogP contribution in [0.15, 0.2) is 54.6 Å². The molecule has 0 aliphatic heterocycles. The molecule has 0 heterocycles. The van der Waals surface area contributed by atoms with Crippen LogP contribution in [0, 0.1) is 0 Å². The standard InChI is InChI=1S/C23H32O3/c1-2-3-4-5-6-7-8-12-19-26-22(24)23(25)17-15-21(16-18-23)20-13-10-9-11-14-20/h9-11,13-18,21,25H,2-8,12,19H2,1H3. The highest BCUT2D eigenvalue weighted by atomic mass is 16.5. The number of unbranched alkanes of at least 4 members (excludes halogenated alkanes) is 7. The SMILES string of the molecule is CCCCCCCCCCOC(=O)C1(O)C=CC(c2ccccc2)C=C1. The Bertz CT molecular complexity index is 575. The van der Waals surface area contributed by atoms with Crippen molar-refractivity contribution in [1.29, 1.82) is 0 Å². The minimum absolute atomic E-state index is 0.0805. The lowest BCUT2D eigenvalue weighted by Gasteiger charge is -2.24. The first-order valence-corrected chi connectivity index (χ1v) is 9.99. The van der Waals surface area contributed by atoms with Crippen LogP contribution in [0.3, 0.4) is 0 Å². The maximum absolute atomic E-state index is 12.2. The molecule has 0 saturated heterocycles. The van der Waals surface area contributed by atoms with Gasteiger partial charge in [-0.2, -0.15) is 0 Å². The zero-order chi connectivity index (χ0) is 18.7. The molecular weight excluding hydrogens is 324 g/mol. The van der Waals surface area contributed by atoms with E-state index in [0.717, 1.165) is 18.4 Å². The maximum Gasteiger partial charge on any atom is 0.346 e. The fourth-order valence-electron chi connectivity index (χ4n) is 3.17. The van der Waals surface area contributed by atoms with Gasteiger partial charge in [0.1, 0.15) is 0 Å². The minimum atomic E-state index is -1.63. The zero-order valence-corrected chi connectivity index (χ0v) is 15.9. The summed E-state index contributed by atoms with van der Waals surface area (Å²) in [5.41, 5.74) is -0.500. The van der Waals surface area contributed by atoms with Gasteiger partial charge in [0.2, 0.25) is 0 Å². The molecular formula is C23H32O3. The number of carbonyl (C=O) groups excluding carboxylic acids is 1. The number of carbonyl (C=O) groups is 1. The Labute approximate surface area is 157 Å². The Morgan fingerprint density at radius 2 is 1.54 bits per heavy atom. The molecule has 1 N–H and O–H groups in total. The van der Waals surface area contributed by atoms with Gasteiger partial charge in [0.15, 0.2) is 5.60 Å². The van der Waals surface area contributed by atoms with Crippen molar-refractivity contribution in [2.75, 3.05) is 6.61 Å². The Balaban J connectivity index is 1.66. The summed E-state index contributed by atoms with van der Waals surface area (Å²) in [5.74, 6) is -0.503. The molecule has 142 valence electrons. The summed E-state index contributed by atoms with van der Waals surface area (Å²) >= 11 is 0. The first-order chi connectivity index (χ1) is 12.7. The van der Waals surface area contributed by atoms with Crippen LogP contribution in [0.25, 0.3) is 0 Å². The molecule has 0 unspecified atom stereocenters. The van der Waals surface area contributed by atoms with Gasteiger partial charge in [-0.15, -0.1) is 0 Å². The van der Waals surface area contributed by atoms with Gasteiger partial charge in [0, 0.05) is 5.92 Å². The molecule has 26 heavy (non-hydrogen) atoms. The molecule has 0 amide bonds. The molecule has 0 saturated carbocycles. The molecule has 0 bridgehead atoms. The van der Waals surface area contributed by atoms with Gasteiger partial charge in [-0.05, 0) is 24.1 Å². The number of benzene rings is 1. The second-order valence-electron chi connectivity index (χ2n) is 7.09. The highest BCUT2D eigenvalue weighted by molar-refractivity contribution is 5.85. The van der Waals surface area contributed by atoms with Crippen LogP contribution in [0.1, 0.15) is 69.8 Å². The predicted molar refractivity (Wildman–Crippen MR) is 106 cm³/mol. The van der Waals surface area contributed by atoms with Gasteiger partial charge in [0.05, 0.1) is 6.61 Å². The summed E-state index contributed by atoms with van der Waals surface area (Å²) in [5, 5.41) is 10.5. The highest BCUT2D eigenvalue weighted by Gasteiger charge is 2.34. The van der Waals surface area contributed by atoms with Gasteiger partial charge in [0.25, 0.3) is 0 Å². The molecule has 2 rings (SSSR count). The van der Waals surface area contributed by atoms with E-state index in [9.17, 15) is 9.90 Å². The second-order valence-corrected chi connectivity index (χ2v) is 7.09. The van der Waals surface area contributed by atoms with E-state index in [0.29, 0.717) is 6.61 Å². The van der Waals surface area contributed by atoms with Gasteiger partial charge in [-0.1, -0.05) is 94.4 Å². The normalized spacial score (nSPS) is 21.7. The summed E-state index contributed by atoms with van der Waals surface area (Å²) in [7, 11) is 0. The first-order valence-electron chi connectivity index (χ1n) is 9.99. The molecule has 3 heteroatoms. The summed E-state index contributed by atoms with van der Waals surface area (Å²) < 4.78 is 5.28. The monoisotopic (exact) mass is 356 g/mol. The van der Waals surface area contributed by atoms with Gasteiger partial charge >= 0.3 is 5.97 Å². The highest BCUT2D eigenvalue weighted by Crippen LogP contribution is 2.27. The largest absolute Gasteiger partial charge is 0.463 e. The van der Waals surface area contributed by atoms with Crippen LogP contribution in [-0.2, 0) is 9.53 Å². The van der Waals surface area contributed by atoms with Crippen LogP contribution in [-0.4, -0.2) is 23.3 Å². The van der Waals surface area contributed by atoms with Crippen LogP contribution in [0.5, 0.6) is 0 Å². The Kier molecular flexibility index (Phi) is 8.63. The number of hydrogen-bond donors (Lipinski definition) is 1. The smallest absolute Gasteiger partial charge is 0.346 e. The minimum Gasteiger partial charge on any atom is -0.463 e. The van der Waals surface area contributed by atoms with Crippen molar-refractivity contribution in [3.05, 3.63) is 60.2 Å². The van der Waals surface area contributed by atoms with Gasteiger partial charge in [-0.25, -0.2) is 4.79 Å². The summed E-state index contributed by atoms with van der Waals surface area (Å²) in [6.45, 7) is 2.60. The number of aliphatic hydroxyl groups is 1. The quantitative estimate of drug-likeness (QED) is 0.332. The summed E-state index contributed by atoms with van der Waals surface area (Å²) in [6, 6.07) is 10.00. The van der Waals surface area contributed by atoms with Gasteiger partial charge < -0.3 is 9.84 Å². The van der Waals surface area contributed by atoms with Gasteiger partial charge in [-0.3, -0.25) is 0 Å². The zero-order valence-electron chi connectivity index (χ0n) is 15.9. The topological polar surface area (TPSA) is 46.5 Å². The molecule has 3 nitrogen and oxygen atoms in total. The van der Waals surface area contributed by atoms with E-state index in [1.807, 2.05) is 42.5 Å². The lowest BCUT2D eigenvalue weighted by molar-refractivity contribution is -0.156. The van der Waals surface area contributed by atoms with Crippen LogP contribution < -0.4 is 0 Å². The molecule has 1 aromatic rings. The maximum atomic E-state index is 12.2. The molecule has 1 aromatic carbocycles.